The van der Waals surface area contributed by atoms with E-state index >= 15 is 0 Å². The first-order valence-electron chi connectivity index (χ1n) is 17.3. The number of thiazole rings is 1. The summed E-state index contributed by atoms with van der Waals surface area (Å²) in [6.45, 7) is 8.16. The zero-order valence-corrected chi connectivity index (χ0v) is 32.2. The number of aliphatic hydroxyl groups excluding tert-OH is 1. The van der Waals surface area contributed by atoms with Gasteiger partial charge in [0.1, 0.15) is 11.0 Å². The third-order valence-corrected chi connectivity index (χ3v) is 11.5. The molecule has 1 fully saturated rings. The largest absolute Gasteiger partial charge is 0.465 e. The van der Waals surface area contributed by atoms with Gasteiger partial charge in [-0.2, -0.15) is 4.31 Å². The Morgan fingerprint density at radius 1 is 1.06 bits per heavy atom. The van der Waals surface area contributed by atoms with Gasteiger partial charge in [-0.25, -0.2) is 23.0 Å². The summed E-state index contributed by atoms with van der Waals surface area (Å²) in [5, 5.41) is 38.1. The summed E-state index contributed by atoms with van der Waals surface area (Å²) in [4.78, 5) is 47.8. The molecule has 15 nitrogen and oxygen atoms in total. The molecular formula is C36H49N7O8S2. The molecule has 4 rings (SSSR count). The molecule has 0 aliphatic carbocycles. The predicted molar refractivity (Wildman–Crippen MR) is 200 cm³/mol. The van der Waals surface area contributed by atoms with Crippen LogP contribution in [0, 0.1) is 11.8 Å². The van der Waals surface area contributed by atoms with E-state index in [2.05, 4.69) is 15.5 Å². The smallest absolute Gasteiger partial charge is 0.407 e. The number of carbonyl (C=O) groups is 3. The number of sulfonamides is 1. The van der Waals surface area contributed by atoms with Crippen molar-refractivity contribution in [2.24, 2.45) is 17.0 Å². The number of rotatable bonds is 18. The van der Waals surface area contributed by atoms with Crippen LogP contribution in [0.5, 0.6) is 0 Å². The van der Waals surface area contributed by atoms with Crippen LogP contribution < -0.4 is 5.32 Å². The molecule has 0 spiro atoms. The summed E-state index contributed by atoms with van der Waals surface area (Å²) >= 11 is 1.31. The highest BCUT2D eigenvalue weighted by Gasteiger charge is 2.40. The number of benzene rings is 2. The molecule has 1 aliphatic rings. The number of hydrogen-bond acceptors (Lipinski definition) is 10. The third kappa shape index (κ3) is 11.0. The third-order valence-electron chi connectivity index (χ3n) is 8.79. The maximum atomic E-state index is 14.2. The molecule has 2 aromatic carbocycles. The van der Waals surface area contributed by atoms with Crippen molar-refractivity contribution in [2.75, 3.05) is 33.2 Å². The Labute approximate surface area is 314 Å². The second-order valence-corrected chi connectivity index (χ2v) is 16.7. The van der Waals surface area contributed by atoms with Gasteiger partial charge in [-0.15, -0.1) is 11.3 Å². The number of carbonyl (C=O) groups excluding carboxylic acids is 2. The molecule has 0 radical (unpaired) electrons. The van der Waals surface area contributed by atoms with E-state index in [-0.39, 0.29) is 61.9 Å². The van der Waals surface area contributed by atoms with Gasteiger partial charge < -0.3 is 35.4 Å². The van der Waals surface area contributed by atoms with Crippen LogP contribution in [0.3, 0.4) is 0 Å². The van der Waals surface area contributed by atoms with Crippen molar-refractivity contribution in [3.63, 3.8) is 0 Å². The molecule has 1 saturated heterocycles. The maximum absolute atomic E-state index is 14.2. The van der Waals surface area contributed by atoms with Gasteiger partial charge in [0.25, 0.3) is 0 Å². The summed E-state index contributed by atoms with van der Waals surface area (Å²) in [7, 11) is -2.63. The molecule has 4 amide bonds. The fraction of sp³-hybridized carbons (Fsp3) is 0.472. The standard InChI is InChI=1S/C36H49N7O8S2/c1-24(2)19-42(53(50,51)29-13-11-27(12-14-29)18-37-49)21-31(44)30(17-26-9-7-6-8-10-26)39-34(45)33(25(3)4)43-16-15-41(35(43)46)20-28-23-52-32(38-28)22-40(5)36(47)48/h6-14,18,23-25,30-31,33,44,49H,15-17,19-22H2,1-5H3,(H,39,45)(H,47,48)/t30-,31+,33-/m0/s1. The lowest BCUT2D eigenvalue weighted by atomic mass is 9.97. The molecule has 1 aromatic heterocycles. The van der Waals surface area contributed by atoms with Crippen LogP contribution in [0.1, 0.15) is 49.5 Å². The van der Waals surface area contributed by atoms with Crippen molar-refractivity contribution >= 4 is 45.6 Å². The summed E-state index contributed by atoms with van der Waals surface area (Å²) < 4.78 is 29.0. The number of amides is 4. The van der Waals surface area contributed by atoms with Gasteiger partial charge in [0.05, 0.1) is 42.0 Å². The van der Waals surface area contributed by atoms with Crippen molar-refractivity contribution in [2.45, 2.75) is 70.3 Å². The minimum Gasteiger partial charge on any atom is -0.465 e. The molecule has 4 N–H and O–H groups in total. The number of aliphatic hydroxyl groups is 1. The molecule has 0 saturated carbocycles. The molecule has 3 atom stereocenters. The highest BCUT2D eigenvalue weighted by atomic mass is 32.2. The number of nitrogens with one attached hydrogen (secondary N) is 1. The van der Waals surface area contributed by atoms with Crippen LogP contribution in [-0.2, 0) is 34.3 Å². The van der Waals surface area contributed by atoms with Gasteiger partial charge in [0.15, 0.2) is 0 Å². The van der Waals surface area contributed by atoms with E-state index in [9.17, 15) is 33.0 Å². The van der Waals surface area contributed by atoms with Gasteiger partial charge in [0, 0.05) is 38.6 Å². The second-order valence-electron chi connectivity index (χ2n) is 13.9. The number of hydrogen-bond donors (Lipinski definition) is 4. The highest BCUT2D eigenvalue weighted by Crippen LogP contribution is 2.24. The monoisotopic (exact) mass is 771 g/mol. The van der Waals surface area contributed by atoms with Crippen LogP contribution in [0.25, 0.3) is 0 Å². The second kappa shape index (κ2) is 18.4. The van der Waals surface area contributed by atoms with Crippen molar-refractivity contribution in [1.29, 1.82) is 0 Å². The van der Waals surface area contributed by atoms with Crippen molar-refractivity contribution < 1.29 is 38.2 Å². The molecule has 53 heavy (non-hydrogen) atoms. The van der Waals surface area contributed by atoms with E-state index < -0.39 is 40.2 Å². The quantitative estimate of drug-likeness (QED) is 0.0846. The highest BCUT2D eigenvalue weighted by molar-refractivity contribution is 7.89. The molecule has 1 aliphatic heterocycles. The number of nitrogens with zero attached hydrogens (tertiary/aromatic N) is 6. The van der Waals surface area contributed by atoms with E-state index in [1.165, 1.54) is 58.1 Å². The lowest BCUT2D eigenvalue weighted by Crippen LogP contribution is -2.57. The Kier molecular flexibility index (Phi) is 14.3. The topological polar surface area (TPSA) is 196 Å². The van der Waals surface area contributed by atoms with Crippen molar-refractivity contribution in [1.82, 2.24) is 29.3 Å². The SMILES string of the molecule is CC(C)CN(C[C@@H](O)[C@H](Cc1ccccc1)NC(=O)[C@H](C(C)C)N1CCN(Cc2csc(CN(C)C(=O)O)n2)C1=O)S(=O)(=O)c1ccc(C=NO)cc1. The fourth-order valence-corrected chi connectivity index (χ4v) is 8.60. The Morgan fingerprint density at radius 2 is 1.74 bits per heavy atom. The number of aromatic nitrogens is 1. The van der Waals surface area contributed by atoms with Gasteiger partial charge in [0.2, 0.25) is 15.9 Å². The first kappa shape index (κ1) is 41.2. The molecule has 2 heterocycles. The lowest BCUT2D eigenvalue weighted by molar-refractivity contribution is -0.128. The van der Waals surface area contributed by atoms with Crippen LogP contribution in [-0.4, -0.2) is 123 Å². The summed E-state index contributed by atoms with van der Waals surface area (Å²) in [5.41, 5.74) is 1.94. The lowest BCUT2D eigenvalue weighted by Gasteiger charge is -2.34. The molecule has 288 valence electrons. The molecule has 17 heteroatoms. The predicted octanol–water partition coefficient (Wildman–Crippen LogP) is 3.76. The average Bonchev–Trinajstić information content (AvgIpc) is 3.70. The fourth-order valence-electron chi connectivity index (χ4n) is 6.15. The molecule has 0 unspecified atom stereocenters. The molecule has 0 bridgehead atoms. The van der Waals surface area contributed by atoms with E-state index in [1.807, 2.05) is 58.0 Å². The first-order valence-corrected chi connectivity index (χ1v) is 19.7. The number of carboxylic acid groups (broad SMARTS) is 1. The molecular weight excluding hydrogens is 723 g/mol. The maximum Gasteiger partial charge on any atom is 0.407 e. The van der Waals surface area contributed by atoms with Crippen LogP contribution in [0.2, 0.25) is 0 Å². The van der Waals surface area contributed by atoms with Gasteiger partial charge in [-0.05, 0) is 41.5 Å². The summed E-state index contributed by atoms with van der Waals surface area (Å²) in [6.07, 6.45) is -1.01. The number of urea groups is 1. The zero-order valence-electron chi connectivity index (χ0n) is 30.6. The Balaban J connectivity index is 1.53. The van der Waals surface area contributed by atoms with E-state index in [0.29, 0.717) is 22.8 Å². The minimum absolute atomic E-state index is 0.00234. The molecule has 3 aromatic rings. The van der Waals surface area contributed by atoms with Crippen LogP contribution >= 0.6 is 11.3 Å². The van der Waals surface area contributed by atoms with E-state index in [1.54, 1.807) is 10.3 Å². The van der Waals surface area contributed by atoms with Crippen molar-refractivity contribution in [3.8, 4) is 0 Å². The van der Waals surface area contributed by atoms with Crippen molar-refractivity contribution in [3.05, 3.63) is 81.8 Å². The van der Waals surface area contributed by atoms with Gasteiger partial charge in [-0.3, -0.25) is 4.79 Å². The minimum atomic E-state index is -4.09. The Hall–Kier alpha value is -4.58. The van der Waals surface area contributed by atoms with Crippen LogP contribution in [0.4, 0.5) is 9.59 Å². The average molecular weight is 772 g/mol. The first-order chi connectivity index (χ1) is 25.1. The Bertz CT molecular complexity index is 1820. The van der Waals surface area contributed by atoms with Gasteiger partial charge >= 0.3 is 12.1 Å². The summed E-state index contributed by atoms with van der Waals surface area (Å²) in [5.74, 6) is -0.860. The zero-order chi connectivity index (χ0) is 38.9. The normalized spacial score (nSPS) is 15.5. The van der Waals surface area contributed by atoms with Crippen LogP contribution in [0.15, 0.2) is 70.0 Å². The van der Waals surface area contributed by atoms with E-state index in [4.69, 9.17) is 5.21 Å². The number of oxime groups is 1. The summed E-state index contributed by atoms with van der Waals surface area (Å²) in [6, 6.07) is 12.9. The van der Waals surface area contributed by atoms with E-state index in [0.717, 1.165) is 10.5 Å². The van der Waals surface area contributed by atoms with Gasteiger partial charge in [-0.1, -0.05) is 75.3 Å². The Morgan fingerprint density at radius 3 is 2.34 bits per heavy atom.